The summed E-state index contributed by atoms with van der Waals surface area (Å²) in [6, 6.07) is 12.6. The molecule has 0 radical (unpaired) electrons. The fraction of sp³-hybridized carbons (Fsp3) is 0.500. The SMILES string of the molecule is COc1ccc(Oc2cc(CNC3CCCC3C3COCCN3)ccn2)cc1. The fourth-order valence-electron chi connectivity index (χ4n) is 4.21. The summed E-state index contributed by atoms with van der Waals surface area (Å²) < 4.78 is 16.7. The summed E-state index contributed by atoms with van der Waals surface area (Å²) in [7, 11) is 1.65. The van der Waals surface area contributed by atoms with Crippen LogP contribution in [-0.2, 0) is 11.3 Å². The zero-order valence-electron chi connectivity index (χ0n) is 16.4. The molecule has 0 spiro atoms. The molecule has 3 unspecified atom stereocenters. The Kier molecular flexibility index (Phi) is 6.41. The van der Waals surface area contributed by atoms with Crippen molar-refractivity contribution in [1.82, 2.24) is 15.6 Å². The van der Waals surface area contributed by atoms with Crippen LogP contribution in [0.2, 0.25) is 0 Å². The van der Waals surface area contributed by atoms with Crippen LogP contribution in [-0.4, -0.2) is 43.9 Å². The highest BCUT2D eigenvalue weighted by molar-refractivity contribution is 5.34. The van der Waals surface area contributed by atoms with Crippen molar-refractivity contribution in [3.05, 3.63) is 48.2 Å². The molecule has 2 heterocycles. The van der Waals surface area contributed by atoms with Crippen LogP contribution in [0, 0.1) is 5.92 Å². The smallest absolute Gasteiger partial charge is 0.219 e. The van der Waals surface area contributed by atoms with Crippen molar-refractivity contribution in [2.75, 3.05) is 26.9 Å². The molecular formula is C22H29N3O3. The van der Waals surface area contributed by atoms with E-state index in [9.17, 15) is 0 Å². The first-order valence-electron chi connectivity index (χ1n) is 10.1. The zero-order valence-corrected chi connectivity index (χ0v) is 16.4. The second-order valence-electron chi connectivity index (χ2n) is 7.50. The molecule has 28 heavy (non-hydrogen) atoms. The summed E-state index contributed by atoms with van der Waals surface area (Å²) in [5.74, 6) is 2.80. The first kappa shape index (κ1) is 19.2. The summed E-state index contributed by atoms with van der Waals surface area (Å²) in [5.41, 5.74) is 1.18. The number of benzene rings is 1. The molecule has 1 aliphatic heterocycles. The molecule has 1 aromatic carbocycles. The number of nitrogens with one attached hydrogen (secondary N) is 2. The number of methoxy groups -OCH3 is 1. The molecule has 1 aliphatic carbocycles. The lowest BCUT2D eigenvalue weighted by molar-refractivity contribution is 0.0524. The minimum atomic E-state index is 0.472. The Bertz CT molecular complexity index is 747. The number of rotatable bonds is 7. The minimum Gasteiger partial charge on any atom is -0.497 e. The lowest BCUT2D eigenvalue weighted by atomic mass is 9.94. The third kappa shape index (κ3) is 4.82. The molecule has 1 saturated carbocycles. The van der Waals surface area contributed by atoms with Gasteiger partial charge in [0.1, 0.15) is 11.5 Å². The van der Waals surface area contributed by atoms with Gasteiger partial charge in [-0.15, -0.1) is 0 Å². The summed E-state index contributed by atoms with van der Waals surface area (Å²) in [5, 5.41) is 7.39. The second kappa shape index (κ2) is 9.37. The van der Waals surface area contributed by atoms with Gasteiger partial charge in [0.05, 0.1) is 20.3 Å². The molecule has 4 rings (SSSR count). The van der Waals surface area contributed by atoms with Crippen LogP contribution in [0.3, 0.4) is 0 Å². The number of pyridine rings is 1. The van der Waals surface area contributed by atoms with Gasteiger partial charge < -0.3 is 24.8 Å². The molecule has 2 N–H and O–H groups in total. The summed E-state index contributed by atoms with van der Waals surface area (Å²) in [4.78, 5) is 4.34. The van der Waals surface area contributed by atoms with E-state index in [0.717, 1.165) is 37.8 Å². The summed E-state index contributed by atoms with van der Waals surface area (Å²) in [6.45, 7) is 3.44. The highest BCUT2D eigenvalue weighted by atomic mass is 16.5. The lowest BCUT2D eigenvalue weighted by Gasteiger charge is -2.33. The van der Waals surface area contributed by atoms with E-state index in [0.29, 0.717) is 23.9 Å². The van der Waals surface area contributed by atoms with E-state index in [1.807, 2.05) is 36.4 Å². The number of aromatic nitrogens is 1. The van der Waals surface area contributed by atoms with Crippen molar-refractivity contribution >= 4 is 0 Å². The van der Waals surface area contributed by atoms with Gasteiger partial charge in [-0.25, -0.2) is 4.98 Å². The first-order valence-corrected chi connectivity index (χ1v) is 10.1. The number of hydrogen-bond acceptors (Lipinski definition) is 6. The molecule has 2 aliphatic rings. The fourth-order valence-corrected chi connectivity index (χ4v) is 4.21. The van der Waals surface area contributed by atoms with E-state index < -0.39 is 0 Å². The highest BCUT2D eigenvalue weighted by Crippen LogP contribution is 2.30. The van der Waals surface area contributed by atoms with Crippen molar-refractivity contribution in [1.29, 1.82) is 0 Å². The molecular weight excluding hydrogens is 354 g/mol. The number of hydrogen-bond donors (Lipinski definition) is 2. The van der Waals surface area contributed by atoms with Crippen LogP contribution in [0.4, 0.5) is 0 Å². The molecule has 0 amide bonds. The van der Waals surface area contributed by atoms with Gasteiger partial charge in [-0.3, -0.25) is 0 Å². The highest BCUT2D eigenvalue weighted by Gasteiger charge is 2.34. The third-order valence-corrected chi connectivity index (χ3v) is 5.69. The lowest BCUT2D eigenvalue weighted by Crippen LogP contribution is -2.50. The Morgan fingerprint density at radius 3 is 2.82 bits per heavy atom. The van der Waals surface area contributed by atoms with Gasteiger partial charge in [0.15, 0.2) is 0 Å². The van der Waals surface area contributed by atoms with E-state index in [1.54, 1.807) is 13.3 Å². The first-order chi connectivity index (χ1) is 13.8. The van der Waals surface area contributed by atoms with E-state index in [4.69, 9.17) is 14.2 Å². The largest absolute Gasteiger partial charge is 0.497 e. The molecule has 1 saturated heterocycles. The van der Waals surface area contributed by atoms with E-state index in [-0.39, 0.29) is 0 Å². The Hall–Kier alpha value is -2.15. The Balaban J connectivity index is 1.33. The van der Waals surface area contributed by atoms with Crippen LogP contribution >= 0.6 is 0 Å². The molecule has 2 fully saturated rings. The van der Waals surface area contributed by atoms with Gasteiger partial charge in [0, 0.05) is 37.4 Å². The van der Waals surface area contributed by atoms with Crippen LogP contribution < -0.4 is 20.1 Å². The van der Waals surface area contributed by atoms with Crippen LogP contribution in [0.25, 0.3) is 0 Å². The average Bonchev–Trinajstić information content (AvgIpc) is 3.22. The van der Waals surface area contributed by atoms with E-state index >= 15 is 0 Å². The normalized spacial score (nSPS) is 24.8. The zero-order chi connectivity index (χ0) is 19.2. The second-order valence-corrected chi connectivity index (χ2v) is 7.50. The van der Waals surface area contributed by atoms with Gasteiger partial charge in [-0.2, -0.15) is 0 Å². The molecule has 6 heteroatoms. The van der Waals surface area contributed by atoms with Gasteiger partial charge in [-0.05, 0) is 54.7 Å². The van der Waals surface area contributed by atoms with Crippen molar-refractivity contribution in [2.45, 2.75) is 37.9 Å². The topological polar surface area (TPSA) is 64.6 Å². The maximum atomic E-state index is 5.89. The molecule has 6 nitrogen and oxygen atoms in total. The van der Waals surface area contributed by atoms with E-state index in [1.165, 1.54) is 24.8 Å². The van der Waals surface area contributed by atoms with Gasteiger partial charge in [0.2, 0.25) is 5.88 Å². The Morgan fingerprint density at radius 2 is 2.04 bits per heavy atom. The standard InChI is InChI=1S/C22H29N3O3/c1-26-17-5-7-18(8-6-17)28-22-13-16(9-10-24-22)14-25-20-4-2-3-19(20)21-15-27-12-11-23-21/h5-10,13,19-21,23,25H,2-4,11-12,14-15H2,1H3. The van der Waals surface area contributed by atoms with E-state index in [2.05, 4.69) is 15.6 Å². The maximum absolute atomic E-state index is 5.89. The van der Waals surface area contributed by atoms with Crippen LogP contribution in [0.5, 0.6) is 17.4 Å². The van der Waals surface area contributed by atoms with Gasteiger partial charge in [-0.1, -0.05) is 6.42 Å². The third-order valence-electron chi connectivity index (χ3n) is 5.69. The predicted octanol–water partition coefficient (Wildman–Crippen LogP) is 3.13. The Morgan fingerprint density at radius 1 is 1.18 bits per heavy atom. The summed E-state index contributed by atoms with van der Waals surface area (Å²) in [6.07, 6.45) is 5.57. The minimum absolute atomic E-state index is 0.472. The van der Waals surface area contributed by atoms with Crippen molar-refractivity contribution < 1.29 is 14.2 Å². The summed E-state index contributed by atoms with van der Waals surface area (Å²) >= 11 is 0. The molecule has 3 atom stereocenters. The monoisotopic (exact) mass is 383 g/mol. The quantitative estimate of drug-likeness (QED) is 0.766. The molecule has 150 valence electrons. The predicted molar refractivity (Wildman–Crippen MR) is 108 cm³/mol. The number of nitrogens with zero attached hydrogens (tertiary/aromatic N) is 1. The van der Waals surface area contributed by atoms with Gasteiger partial charge >= 0.3 is 0 Å². The number of morpholine rings is 1. The maximum Gasteiger partial charge on any atom is 0.219 e. The number of ether oxygens (including phenoxy) is 3. The van der Waals surface area contributed by atoms with Crippen LogP contribution in [0.15, 0.2) is 42.6 Å². The molecule has 1 aromatic heterocycles. The van der Waals surface area contributed by atoms with Gasteiger partial charge in [0.25, 0.3) is 0 Å². The molecule has 2 aromatic rings. The van der Waals surface area contributed by atoms with Crippen molar-refractivity contribution in [2.24, 2.45) is 5.92 Å². The molecule has 0 bridgehead atoms. The Labute approximate surface area is 166 Å². The average molecular weight is 383 g/mol. The van der Waals surface area contributed by atoms with Crippen molar-refractivity contribution in [3.8, 4) is 17.4 Å². The van der Waals surface area contributed by atoms with Crippen molar-refractivity contribution in [3.63, 3.8) is 0 Å². The van der Waals surface area contributed by atoms with Crippen LogP contribution in [0.1, 0.15) is 24.8 Å².